The van der Waals surface area contributed by atoms with Crippen molar-refractivity contribution >= 4 is 23.7 Å². The van der Waals surface area contributed by atoms with Crippen molar-refractivity contribution < 1.29 is 14.7 Å². The Morgan fingerprint density at radius 2 is 2.00 bits per heavy atom. The van der Waals surface area contributed by atoms with Gasteiger partial charge in [-0.1, -0.05) is 12.1 Å². The number of rotatable bonds is 5. The fraction of sp³-hybridized carbons (Fsp3) is 0.444. The van der Waals surface area contributed by atoms with Crippen LogP contribution in [0.25, 0.3) is 0 Å². The molecule has 8 N–H and O–H groups in total. The molecule has 1 aromatic carbocycles. The van der Waals surface area contributed by atoms with Crippen LogP contribution in [0, 0.1) is 17.7 Å². The Kier molecular flexibility index (Phi) is 6.13. The number of guanidine groups is 2. The first kappa shape index (κ1) is 25.1. The third kappa shape index (κ3) is 4.15. The van der Waals surface area contributed by atoms with Crippen molar-refractivity contribution in [2.45, 2.75) is 62.5 Å². The summed E-state index contributed by atoms with van der Waals surface area (Å²) < 4.78 is 0. The zero-order valence-corrected chi connectivity index (χ0v) is 21.7. The Balaban J connectivity index is 1.21. The highest BCUT2D eigenvalue weighted by atomic mass is 16.3. The topological polar surface area (TPSA) is 178 Å². The maximum atomic E-state index is 13.4. The lowest BCUT2D eigenvalue weighted by Gasteiger charge is -2.49. The van der Waals surface area contributed by atoms with Crippen LogP contribution in [-0.4, -0.2) is 81.7 Å². The minimum Gasteiger partial charge on any atom is -0.386 e. The average Bonchev–Trinajstić information content (AvgIpc) is 3.43. The van der Waals surface area contributed by atoms with E-state index in [9.17, 15) is 14.7 Å². The van der Waals surface area contributed by atoms with Crippen molar-refractivity contribution in [3.05, 3.63) is 64.5 Å². The summed E-state index contributed by atoms with van der Waals surface area (Å²) in [5.41, 5.74) is 2.85. The van der Waals surface area contributed by atoms with E-state index in [0.29, 0.717) is 5.56 Å². The second kappa shape index (κ2) is 9.53. The Bertz CT molecular complexity index is 1360. The highest BCUT2D eigenvalue weighted by Gasteiger charge is 2.66. The van der Waals surface area contributed by atoms with E-state index in [0.717, 1.165) is 36.8 Å². The van der Waals surface area contributed by atoms with Gasteiger partial charge in [0.1, 0.15) is 11.8 Å². The number of aliphatic hydroxyl groups is 1. The van der Waals surface area contributed by atoms with E-state index in [-0.39, 0.29) is 42.5 Å². The van der Waals surface area contributed by atoms with E-state index in [1.807, 2.05) is 25.1 Å². The van der Waals surface area contributed by atoms with Crippen molar-refractivity contribution in [1.29, 1.82) is 10.8 Å². The number of amides is 2. The quantitative estimate of drug-likeness (QED) is 0.256. The Morgan fingerprint density at radius 1 is 1.18 bits per heavy atom. The summed E-state index contributed by atoms with van der Waals surface area (Å²) in [6.45, 7) is 2.18. The van der Waals surface area contributed by atoms with Crippen LogP contribution in [0.15, 0.2) is 36.5 Å². The lowest BCUT2D eigenvalue weighted by atomic mass is 9.86. The van der Waals surface area contributed by atoms with Gasteiger partial charge in [-0.2, -0.15) is 0 Å². The molecule has 6 rings (SSSR count). The first-order valence-electron chi connectivity index (χ1n) is 13.3. The summed E-state index contributed by atoms with van der Waals surface area (Å²) in [7, 11) is 0. The minimum absolute atomic E-state index is 0.00123. The Morgan fingerprint density at radius 3 is 2.82 bits per heavy atom. The number of carbonyl (C=O) groups excluding carboxylic acids is 2. The molecule has 4 aliphatic rings. The van der Waals surface area contributed by atoms with Crippen LogP contribution >= 0.6 is 0 Å². The van der Waals surface area contributed by atoms with Crippen molar-refractivity contribution in [2.24, 2.45) is 0 Å². The van der Waals surface area contributed by atoms with Gasteiger partial charge in [-0.3, -0.25) is 25.4 Å². The zero-order valence-electron chi connectivity index (χ0n) is 21.7. The second-order valence-corrected chi connectivity index (χ2v) is 10.8. The summed E-state index contributed by atoms with van der Waals surface area (Å²) in [6.07, 6.45) is 4.40. The van der Waals surface area contributed by atoms with E-state index in [1.165, 1.54) is 5.56 Å². The molecule has 3 saturated heterocycles. The van der Waals surface area contributed by atoms with Gasteiger partial charge in [0.2, 0.25) is 0 Å². The molecule has 204 valence electrons. The SMILES string of the molecule is Cc1ccnc(C(=O)NC[C@@H]2NC(=N)N3CC(NC(=O)c4cccc5c4CCCC5)[C@@H](O)C34NC(=N)N[C@@H]24)c1. The molecule has 2 amide bonds. The van der Waals surface area contributed by atoms with E-state index in [4.69, 9.17) is 10.8 Å². The average molecular weight is 532 g/mol. The lowest BCUT2D eigenvalue weighted by Crippen LogP contribution is -2.78. The van der Waals surface area contributed by atoms with Gasteiger partial charge in [0.15, 0.2) is 17.6 Å². The number of aromatic nitrogens is 1. The zero-order chi connectivity index (χ0) is 27.3. The second-order valence-electron chi connectivity index (χ2n) is 10.8. The number of fused-ring (bicyclic) bond motifs is 1. The fourth-order valence-electron chi connectivity index (χ4n) is 6.49. The summed E-state index contributed by atoms with van der Waals surface area (Å²) >= 11 is 0. The minimum atomic E-state index is -1.25. The third-order valence-electron chi connectivity index (χ3n) is 8.34. The van der Waals surface area contributed by atoms with Gasteiger partial charge >= 0.3 is 0 Å². The molecule has 12 heteroatoms. The fourth-order valence-corrected chi connectivity index (χ4v) is 6.49. The molecule has 3 fully saturated rings. The molecule has 0 radical (unpaired) electrons. The van der Waals surface area contributed by atoms with Gasteiger partial charge in [0, 0.05) is 24.8 Å². The van der Waals surface area contributed by atoms with E-state index < -0.39 is 29.9 Å². The molecule has 39 heavy (non-hydrogen) atoms. The standard InChI is InChI=1S/C27H33N9O3/c1-14-9-10-30-18(11-14)24(39)31-12-19-21-27(35-25(28)34-21)22(37)20(13-36(27)26(29)33-19)32-23(38)17-8-4-6-15-5-2-3-7-16(15)17/h4,6,8-11,19-22,37H,2-3,5,7,12-13H2,1H3,(H2,29,33)(H,31,39)(H,32,38)(H3,28,34,35)/t19-,20?,21-,22+,27?/m0/s1. The normalized spacial score (nSPS) is 28.8. The van der Waals surface area contributed by atoms with Gasteiger partial charge in [0.25, 0.3) is 11.8 Å². The molecule has 0 bridgehead atoms. The summed E-state index contributed by atoms with van der Waals surface area (Å²) in [5, 5.41) is 43.8. The van der Waals surface area contributed by atoms with Crippen LogP contribution in [0.4, 0.5) is 0 Å². The largest absolute Gasteiger partial charge is 0.386 e. The first-order valence-corrected chi connectivity index (χ1v) is 13.3. The first-order chi connectivity index (χ1) is 18.8. The summed E-state index contributed by atoms with van der Waals surface area (Å²) in [5.74, 6) is -0.564. The maximum absolute atomic E-state index is 13.4. The van der Waals surface area contributed by atoms with Gasteiger partial charge in [-0.15, -0.1) is 0 Å². The number of aliphatic hydroxyl groups excluding tert-OH is 1. The van der Waals surface area contributed by atoms with Crippen molar-refractivity contribution in [3.8, 4) is 0 Å². The van der Waals surface area contributed by atoms with Crippen molar-refractivity contribution in [3.63, 3.8) is 0 Å². The molecule has 12 nitrogen and oxygen atoms in total. The molecule has 0 saturated carbocycles. The van der Waals surface area contributed by atoms with Gasteiger partial charge < -0.3 is 36.6 Å². The van der Waals surface area contributed by atoms with Crippen LogP contribution in [0.2, 0.25) is 0 Å². The molecular formula is C27H33N9O3. The highest BCUT2D eigenvalue weighted by molar-refractivity contribution is 5.97. The molecule has 1 aromatic heterocycles. The molecule has 4 heterocycles. The monoisotopic (exact) mass is 531 g/mol. The number of nitrogens with zero attached hydrogens (tertiary/aromatic N) is 2. The summed E-state index contributed by atoms with van der Waals surface area (Å²) in [4.78, 5) is 31.9. The molecule has 1 aliphatic carbocycles. The molecular weight excluding hydrogens is 498 g/mol. The van der Waals surface area contributed by atoms with Crippen LogP contribution in [-0.2, 0) is 12.8 Å². The maximum Gasteiger partial charge on any atom is 0.269 e. The number of pyridine rings is 1. The highest BCUT2D eigenvalue weighted by Crippen LogP contribution is 2.37. The summed E-state index contributed by atoms with van der Waals surface area (Å²) in [6, 6.07) is 7.50. The van der Waals surface area contributed by atoms with E-state index >= 15 is 0 Å². The number of hydrogen-bond donors (Lipinski definition) is 8. The third-order valence-corrected chi connectivity index (χ3v) is 8.34. The molecule has 5 atom stereocenters. The molecule has 2 aromatic rings. The number of benzene rings is 1. The van der Waals surface area contributed by atoms with E-state index in [2.05, 4.69) is 37.6 Å². The van der Waals surface area contributed by atoms with Gasteiger partial charge in [0.05, 0.1) is 18.1 Å². The Hall–Kier alpha value is -4.19. The van der Waals surface area contributed by atoms with E-state index in [1.54, 1.807) is 17.2 Å². The number of nitrogens with one attached hydrogen (secondary N) is 7. The van der Waals surface area contributed by atoms with Crippen LogP contribution in [0.3, 0.4) is 0 Å². The lowest BCUT2D eigenvalue weighted by molar-refractivity contribution is 0.00612. The Labute approximate surface area is 226 Å². The molecule has 2 unspecified atom stereocenters. The molecule has 1 spiro atoms. The predicted octanol–water partition coefficient (Wildman–Crippen LogP) is -0.427. The van der Waals surface area contributed by atoms with Gasteiger partial charge in [-0.05, 0) is 67.5 Å². The predicted molar refractivity (Wildman–Crippen MR) is 144 cm³/mol. The van der Waals surface area contributed by atoms with Crippen LogP contribution in [0.1, 0.15) is 50.4 Å². The molecule has 3 aliphatic heterocycles. The van der Waals surface area contributed by atoms with Crippen molar-refractivity contribution in [1.82, 2.24) is 36.5 Å². The van der Waals surface area contributed by atoms with Gasteiger partial charge in [-0.25, -0.2) is 0 Å². The smallest absolute Gasteiger partial charge is 0.269 e. The van der Waals surface area contributed by atoms with Crippen LogP contribution in [0.5, 0.6) is 0 Å². The number of carbonyl (C=O) groups is 2. The number of aryl methyl sites for hydroxylation is 2. The van der Waals surface area contributed by atoms with Crippen molar-refractivity contribution in [2.75, 3.05) is 13.1 Å². The number of hydrogen-bond acceptors (Lipinski definition) is 6. The van der Waals surface area contributed by atoms with Crippen LogP contribution < -0.4 is 26.6 Å².